The van der Waals surface area contributed by atoms with E-state index in [1.165, 1.54) is 0 Å². The van der Waals surface area contributed by atoms with Crippen molar-refractivity contribution < 1.29 is 19.4 Å². The van der Waals surface area contributed by atoms with Crippen LogP contribution in [0.5, 0.6) is 11.5 Å². The Morgan fingerprint density at radius 3 is 2.29 bits per heavy atom. The Morgan fingerprint density at radius 1 is 1.05 bits per heavy atom. The molecule has 0 aromatic heterocycles. The average molecular weight is 286 g/mol. The van der Waals surface area contributed by atoms with Gasteiger partial charge in [0.05, 0.1) is 6.42 Å². The van der Waals surface area contributed by atoms with E-state index in [1.54, 1.807) is 19.1 Å². The monoisotopic (exact) mass is 286 g/mol. The second kappa shape index (κ2) is 7.33. The lowest BCUT2D eigenvalue weighted by Crippen LogP contribution is -2.16. The lowest BCUT2D eigenvalue weighted by molar-refractivity contribution is -0.138. The van der Waals surface area contributed by atoms with E-state index in [4.69, 9.17) is 14.6 Å². The molecule has 0 fully saturated rings. The van der Waals surface area contributed by atoms with E-state index >= 15 is 0 Å². The van der Waals surface area contributed by atoms with Crippen molar-refractivity contribution in [2.45, 2.75) is 26.1 Å². The number of hydrogen-bond donors (Lipinski definition) is 1. The predicted octanol–water partition coefficient (Wildman–Crippen LogP) is 3.51. The highest BCUT2D eigenvalue weighted by molar-refractivity contribution is 5.67. The van der Waals surface area contributed by atoms with Crippen molar-refractivity contribution in [3.05, 3.63) is 60.2 Å². The molecule has 2 rings (SSSR count). The molecule has 0 spiro atoms. The molecule has 21 heavy (non-hydrogen) atoms. The zero-order valence-corrected chi connectivity index (χ0v) is 11.9. The molecule has 0 amide bonds. The van der Waals surface area contributed by atoms with Crippen LogP contribution in [0.15, 0.2) is 54.6 Å². The van der Waals surface area contributed by atoms with Crippen LogP contribution in [-0.4, -0.2) is 17.2 Å². The van der Waals surface area contributed by atoms with E-state index in [-0.39, 0.29) is 12.5 Å². The maximum atomic E-state index is 10.6. The van der Waals surface area contributed by atoms with Crippen molar-refractivity contribution in [3.63, 3.8) is 0 Å². The molecule has 1 atom stereocenters. The van der Waals surface area contributed by atoms with E-state index in [0.29, 0.717) is 12.4 Å². The molecule has 0 saturated heterocycles. The van der Waals surface area contributed by atoms with Crippen molar-refractivity contribution in [3.8, 4) is 11.5 Å². The van der Waals surface area contributed by atoms with E-state index in [0.717, 1.165) is 11.3 Å². The van der Waals surface area contributed by atoms with Crippen molar-refractivity contribution >= 4 is 5.97 Å². The topological polar surface area (TPSA) is 55.8 Å². The molecule has 0 bridgehead atoms. The van der Waals surface area contributed by atoms with Gasteiger partial charge in [0.1, 0.15) is 24.2 Å². The highest BCUT2D eigenvalue weighted by Crippen LogP contribution is 2.20. The lowest BCUT2D eigenvalue weighted by Gasteiger charge is -2.13. The van der Waals surface area contributed by atoms with Crippen LogP contribution in [0.25, 0.3) is 0 Å². The fourth-order valence-corrected chi connectivity index (χ4v) is 1.88. The number of carboxylic acids is 1. The van der Waals surface area contributed by atoms with E-state index < -0.39 is 5.97 Å². The first-order valence-corrected chi connectivity index (χ1v) is 6.79. The number of carboxylic acid groups (broad SMARTS) is 1. The summed E-state index contributed by atoms with van der Waals surface area (Å²) in [6.07, 6.45) is -0.384. The van der Waals surface area contributed by atoms with Gasteiger partial charge in [0, 0.05) is 0 Å². The maximum Gasteiger partial charge on any atom is 0.307 e. The molecule has 4 heteroatoms. The molecule has 1 unspecified atom stereocenters. The Bertz CT molecular complexity index is 563. The Hall–Kier alpha value is -2.49. The molecule has 4 nitrogen and oxygen atoms in total. The minimum absolute atomic E-state index is 0.0216. The van der Waals surface area contributed by atoms with Crippen LogP contribution in [0.4, 0.5) is 0 Å². The first-order valence-electron chi connectivity index (χ1n) is 6.79. The molecule has 0 saturated carbocycles. The van der Waals surface area contributed by atoms with Gasteiger partial charge in [-0.05, 0) is 36.8 Å². The van der Waals surface area contributed by atoms with Crippen LogP contribution in [0.2, 0.25) is 0 Å². The summed E-state index contributed by atoms with van der Waals surface area (Å²) in [5, 5.41) is 8.68. The van der Waals surface area contributed by atoms with Crippen LogP contribution < -0.4 is 9.47 Å². The zero-order chi connectivity index (χ0) is 15.1. The number of aliphatic carboxylic acids is 1. The van der Waals surface area contributed by atoms with E-state index in [9.17, 15) is 4.79 Å². The predicted molar refractivity (Wildman–Crippen MR) is 79.6 cm³/mol. The SMILES string of the molecule is CC(CC(=O)O)Oc1ccc(OCc2ccccc2)cc1. The standard InChI is InChI=1S/C17H18O4/c1-13(11-17(18)19)21-16-9-7-15(8-10-16)20-12-14-5-3-2-4-6-14/h2-10,13H,11-12H2,1H3,(H,18,19). The van der Waals surface area contributed by atoms with Gasteiger partial charge in [-0.1, -0.05) is 30.3 Å². The molecular weight excluding hydrogens is 268 g/mol. The van der Waals surface area contributed by atoms with Crippen LogP contribution >= 0.6 is 0 Å². The summed E-state index contributed by atoms with van der Waals surface area (Å²) < 4.78 is 11.2. The number of carbonyl (C=O) groups is 1. The number of ether oxygens (including phenoxy) is 2. The summed E-state index contributed by atoms with van der Waals surface area (Å²) in [6.45, 7) is 2.24. The van der Waals surface area contributed by atoms with Gasteiger partial charge in [0.25, 0.3) is 0 Å². The van der Waals surface area contributed by atoms with Crippen LogP contribution in [-0.2, 0) is 11.4 Å². The lowest BCUT2D eigenvalue weighted by atomic mass is 10.2. The van der Waals surface area contributed by atoms with Crippen LogP contribution in [0, 0.1) is 0 Å². The molecule has 0 aliphatic rings. The summed E-state index contributed by atoms with van der Waals surface area (Å²) in [7, 11) is 0. The molecule has 0 aliphatic heterocycles. The van der Waals surface area contributed by atoms with Gasteiger partial charge in [-0.25, -0.2) is 0 Å². The first kappa shape index (κ1) is 14.9. The highest BCUT2D eigenvalue weighted by Gasteiger charge is 2.09. The minimum Gasteiger partial charge on any atom is -0.490 e. The normalized spacial score (nSPS) is 11.7. The highest BCUT2D eigenvalue weighted by atomic mass is 16.5. The van der Waals surface area contributed by atoms with Crippen molar-refractivity contribution in [2.75, 3.05) is 0 Å². The molecule has 0 heterocycles. The molecule has 1 N–H and O–H groups in total. The van der Waals surface area contributed by atoms with Gasteiger partial charge in [-0.15, -0.1) is 0 Å². The summed E-state index contributed by atoms with van der Waals surface area (Å²) in [6, 6.07) is 17.1. The molecular formula is C17H18O4. The Balaban J connectivity index is 1.85. The third-order valence-electron chi connectivity index (χ3n) is 2.87. The minimum atomic E-state index is -0.870. The molecule has 0 aliphatic carbocycles. The smallest absolute Gasteiger partial charge is 0.307 e. The molecule has 2 aromatic rings. The fourth-order valence-electron chi connectivity index (χ4n) is 1.88. The van der Waals surface area contributed by atoms with Crippen molar-refractivity contribution in [1.82, 2.24) is 0 Å². The first-order chi connectivity index (χ1) is 10.1. The summed E-state index contributed by atoms with van der Waals surface area (Å²) in [5.74, 6) is 0.512. The van der Waals surface area contributed by atoms with Crippen LogP contribution in [0.3, 0.4) is 0 Å². The molecule has 0 radical (unpaired) electrons. The largest absolute Gasteiger partial charge is 0.490 e. The second-order valence-corrected chi connectivity index (χ2v) is 4.77. The third-order valence-corrected chi connectivity index (χ3v) is 2.87. The van der Waals surface area contributed by atoms with Crippen LogP contribution in [0.1, 0.15) is 18.9 Å². The van der Waals surface area contributed by atoms with Crippen molar-refractivity contribution in [2.24, 2.45) is 0 Å². The maximum absolute atomic E-state index is 10.6. The van der Waals surface area contributed by atoms with Crippen molar-refractivity contribution in [1.29, 1.82) is 0 Å². The number of rotatable bonds is 7. The average Bonchev–Trinajstić information content (AvgIpc) is 2.47. The Kier molecular flexibility index (Phi) is 5.21. The number of hydrogen-bond acceptors (Lipinski definition) is 3. The fraction of sp³-hybridized carbons (Fsp3) is 0.235. The third kappa shape index (κ3) is 5.18. The quantitative estimate of drug-likeness (QED) is 0.846. The van der Waals surface area contributed by atoms with Gasteiger partial charge in [0.2, 0.25) is 0 Å². The van der Waals surface area contributed by atoms with Gasteiger partial charge in [-0.3, -0.25) is 4.79 Å². The molecule has 2 aromatic carbocycles. The zero-order valence-electron chi connectivity index (χ0n) is 11.9. The second-order valence-electron chi connectivity index (χ2n) is 4.77. The van der Waals surface area contributed by atoms with Gasteiger partial charge in [-0.2, -0.15) is 0 Å². The summed E-state index contributed by atoms with van der Waals surface area (Å²) in [4.78, 5) is 10.6. The molecule has 110 valence electrons. The van der Waals surface area contributed by atoms with Gasteiger partial charge in [0.15, 0.2) is 0 Å². The Labute approximate surface area is 123 Å². The summed E-state index contributed by atoms with van der Waals surface area (Å²) >= 11 is 0. The van der Waals surface area contributed by atoms with Gasteiger partial charge >= 0.3 is 5.97 Å². The Morgan fingerprint density at radius 2 is 1.67 bits per heavy atom. The van der Waals surface area contributed by atoms with E-state index in [2.05, 4.69) is 0 Å². The van der Waals surface area contributed by atoms with E-state index in [1.807, 2.05) is 42.5 Å². The summed E-state index contributed by atoms with van der Waals surface area (Å²) in [5.41, 5.74) is 1.10. The van der Waals surface area contributed by atoms with Gasteiger partial charge < -0.3 is 14.6 Å². The number of benzene rings is 2.